The van der Waals surface area contributed by atoms with Gasteiger partial charge in [0.1, 0.15) is 0 Å². The number of carbonyl (C=O) groups is 1. The zero-order valence-electron chi connectivity index (χ0n) is 17.9. The molecule has 4 rings (SSSR count). The number of likely N-dealkylation sites (tertiary alicyclic amines) is 1. The minimum absolute atomic E-state index is 0.0309. The summed E-state index contributed by atoms with van der Waals surface area (Å²) in [4.78, 5) is 17.1. The SMILES string of the molecule is COc1cc2c(cc1OC)CN(C(=O)NCc1ccc(CN3CCCC3)cc1)CC2. The summed E-state index contributed by atoms with van der Waals surface area (Å²) in [7, 11) is 3.28. The molecule has 0 aliphatic carbocycles. The number of hydrogen-bond acceptors (Lipinski definition) is 4. The molecule has 1 N–H and O–H groups in total. The monoisotopic (exact) mass is 409 g/mol. The van der Waals surface area contributed by atoms with E-state index in [2.05, 4.69) is 34.5 Å². The van der Waals surface area contributed by atoms with Gasteiger partial charge >= 0.3 is 6.03 Å². The van der Waals surface area contributed by atoms with Gasteiger partial charge in [-0.3, -0.25) is 4.90 Å². The molecular formula is C24H31N3O3. The summed E-state index contributed by atoms with van der Waals surface area (Å²) in [5, 5.41) is 3.06. The number of hydrogen-bond donors (Lipinski definition) is 1. The van der Waals surface area contributed by atoms with Crippen LogP contribution in [0, 0.1) is 0 Å². The van der Waals surface area contributed by atoms with Crippen molar-refractivity contribution in [3.8, 4) is 11.5 Å². The molecule has 160 valence electrons. The highest BCUT2D eigenvalue weighted by Crippen LogP contribution is 2.33. The van der Waals surface area contributed by atoms with Crippen LogP contribution in [0.2, 0.25) is 0 Å². The van der Waals surface area contributed by atoms with Crippen LogP contribution in [-0.4, -0.2) is 49.7 Å². The summed E-state index contributed by atoms with van der Waals surface area (Å²) in [6.07, 6.45) is 3.44. The predicted octanol–water partition coefficient (Wildman–Crippen LogP) is 3.57. The Morgan fingerprint density at radius 3 is 2.23 bits per heavy atom. The summed E-state index contributed by atoms with van der Waals surface area (Å²) in [6.45, 7) is 5.25. The van der Waals surface area contributed by atoms with Crippen LogP contribution in [0.1, 0.15) is 35.1 Å². The molecule has 6 nitrogen and oxygen atoms in total. The van der Waals surface area contributed by atoms with Crippen LogP contribution in [0.15, 0.2) is 36.4 Å². The van der Waals surface area contributed by atoms with Crippen molar-refractivity contribution in [3.63, 3.8) is 0 Å². The molecule has 2 aliphatic rings. The Morgan fingerprint density at radius 2 is 1.57 bits per heavy atom. The van der Waals surface area contributed by atoms with Gasteiger partial charge in [0.15, 0.2) is 11.5 Å². The van der Waals surface area contributed by atoms with Gasteiger partial charge in [-0.2, -0.15) is 0 Å². The van der Waals surface area contributed by atoms with Crippen molar-refractivity contribution in [2.75, 3.05) is 33.9 Å². The molecule has 0 radical (unpaired) electrons. The molecule has 0 spiro atoms. The van der Waals surface area contributed by atoms with Crippen LogP contribution in [-0.2, 0) is 26.1 Å². The van der Waals surface area contributed by atoms with E-state index in [-0.39, 0.29) is 6.03 Å². The van der Waals surface area contributed by atoms with Gasteiger partial charge in [-0.05, 0) is 66.7 Å². The minimum atomic E-state index is -0.0309. The number of nitrogens with zero attached hydrogens (tertiary/aromatic N) is 2. The first-order chi connectivity index (χ1) is 14.7. The Hall–Kier alpha value is -2.73. The first-order valence-electron chi connectivity index (χ1n) is 10.7. The lowest BCUT2D eigenvalue weighted by atomic mass is 9.99. The van der Waals surface area contributed by atoms with Crippen LogP contribution >= 0.6 is 0 Å². The number of methoxy groups -OCH3 is 2. The van der Waals surface area contributed by atoms with Gasteiger partial charge in [-0.15, -0.1) is 0 Å². The highest BCUT2D eigenvalue weighted by Gasteiger charge is 2.22. The summed E-state index contributed by atoms with van der Waals surface area (Å²) in [5.41, 5.74) is 4.78. The maximum Gasteiger partial charge on any atom is 0.317 e. The molecule has 6 heteroatoms. The molecule has 0 atom stereocenters. The Bertz CT molecular complexity index is 876. The van der Waals surface area contributed by atoms with Crippen LogP contribution in [0.25, 0.3) is 0 Å². The van der Waals surface area contributed by atoms with E-state index >= 15 is 0 Å². The second-order valence-corrected chi connectivity index (χ2v) is 8.11. The first kappa shape index (κ1) is 20.5. The maximum atomic E-state index is 12.7. The normalized spacial score (nSPS) is 16.3. The average Bonchev–Trinajstić information content (AvgIpc) is 3.30. The number of urea groups is 1. The van der Waals surface area contributed by atoms with Gasteiger partial charge in [0.2, 0.25) is 0 Å². The molecule has 2 aromatic rings. The molecule has 0 aromatic heterocycles. The van der Waals surface area contributed by atoms with E-state index in [0.717, 1.165) is 29.8 Å². The second kappa shape index (κ2) is 9.39. The van der Waals surface area contributed by atoms with Gasteiger partial charge in [-0.25, -0.2) is 4.79 Å². The first-order valence-corrected chi connectivity index (χ1v) is 10.7. The van der Waals surface area contributed by atoms with E-state index < -0.39 is 0 Å². The van der Waals surface area contributed by atoms with Gasteiger partial charge in [0.25, 0.3) is 0 Å². The van der Waals surface area contributed by atoms with Gasteiger partial charge in [0, 0.05) is 26.2 Å². The smallest absolute Gasteiger partial charge is 0.317 e. The van der Waals surface area contributed by atoms with Crippen LogP contribution in [0.5, 0.6) is 11.5 Å². The van der Waals surface area contributed by atoms with Crippen LogP contribution < -0.4 is 14.8 Å². The van der Waals surface area contributed by atoms with Crippen molar-refractivity contribution in [2.24, 2.45) is 0 Å². The number of amides is 2. The largest absolute Gasteiger partial charge is 0.493 e. The van der Waals surface area contributed by atoms with Crippen molar-refractivity contribution in [2.45, 2.75) is 38.9 Å². The third kappa shape index (κ3) is 4.70. The quantitative estimate of drug-likeness (QED) is 0.793. The summed E-state index contributed by atoms with van der Waals surface area (Å²) >= 11 is 0. The van der Waals surface area contributed by atoms with E-state index in [4.69, 9.17) is 9.47 Å². The molecule has 1 saturated heterocycles. The molecule has 2 amide bonds. The number of carbonyl (C=O) groups excluding carboxylic acids is 1. The molecule has 0 saturated carbocycles. The highest BCUT2D eigenvalue weighted by molar-refractivity contribution is 5.74. The van der Waals surface area contributed by atoms with Crippen molar-refractivity contribution < 1.29 is 14.3 Å². The van der Waals surface area contributed by atoms with Crippen LogP contribution in [0.3, 0.4) is 0 Å². The van der Waals surface area contributed by atoms with Gasteiger partial charge in [-0.1, -0.05) is 24.3 Å². The Labute approximate surface area is 178 Å². The number of nitrogens with one attached hydrogen (secondary N) is 1. The minimum Gasteiger partial charge on any atom is -0.493 e. The van der Waals surface area contributed by atoms with Gasteiger partial charge in [0.05, 0.1) is 14.2 Å². The van der Waals surface area contributed by atoms with E-state index in [9.17, 15) is 4.79 Å². The lowest BCUT2D eigenvalue weighted by Crippen LogP contribution is -2.42. The Balaban J connectivity index is 1.31. The third-order valence-corrected chi connectivity index (χ3v) is 6.08. The summed E-state index contributed by atoms with van der Waals surface area (Å²) in [5.74, 6) is 1.44. The summed E-state index contributed by atoms with van der Waals surface area (Å²) in [6, 6.07) is 12.6. The Kier molecular flexibility index (Phi) is 6.43. The van der Waals surface area contributed by atoms with Crippen LogP contribution in [0.4, 0.5) is 4.79 Å². The fourth-order valence-corrected chi connectivity index (χ4v) is 4.31. The van der Waals surface area contributed by atoms with E-state index in [1.165, 1.54) is 37.1 Å². The van der Waals surface area contributed by atoms with Crippen molar-refractivity contribution >= 4 is 6.03 Å². The molecule has 30 heavy (non-hydrogen) atoms. The fourth-order valence-electron chi connectivity index (χ4n) is 4.31. The zero-order chi connectivity index (χ0) is 20.9. The second-order valence-electron chi connectivity index (χ2n) is 8.11. The van der Waals surface area contributed by atoms with Gasteiger partial charge < -0.3 is 19.7 Å². The lowest BCUT2D eigenvalue weighted by Gasteiger charge is -2.29. The Morgan fingerprint density at radius 1 is 0.933 bits per heavy atom. The topological polar surface area (TPSA) is 54.0 Å². The maximum absolute atomic E-state index is 12.7. The number of benzene rings is 2. The molecule has 2 aromatic carbocycles. The molecule has 2 heterocycles. The zero-order valence-corrected chi connectivity index (χ0v) is 17.9. The number of rotatable bonds is 6. The van der Waals surface area contributed by atoms with E-state index in [1.54, 1.807) is 14.2 Å². The van der Waals surface area contributed by atoms with Crippen molar-refractivity contribution in [3.05, 3.63) is 58.7 Å². The number of ether oxygens (including phenoxy) is 2. The molecule has 1 fully saturated rings. The van der Waals surface area contributed by atoms with Crippen molar-refractivity contribution in [1.29, 1.82) is 0 Å². The van der Waals surface area contributed by atoms with E-state index in [0.29, 0.717) is 25.4 Å². The molecule has 0 bridgehead atoms. The lowest BCUT2D eigenvalue weighted by molar-refractivity contribution is 0.191. The number of fused-ring (bicyclic) bond motifs is 1. The van der Waals surface area contributed by atoms with Crippen molar-refractivity contribution in [1.82, 2.24) is 15.1 Å². The fraction of sp³-hybridized carbons (Fsp3) is 0.458. The van der Waals surface area contributed by atoms with E-state index in [1.807, 2.05) is 17.0 Å². The summed E-state index contributed by atoms with van der Waals surface area (Å²) < 4.78 is 10.8. The predicted molar refractivity (Wildman–Crippen MR) is 117 cm³/mol. The standard InChI is InChI=1S/C24H31N3O3/c1-29-22-13-20-9-12-27(17-21(20)14-23(22)30-2)24(28)25-15-18-5-7-19(8-6-18)16-26-10-3-4-11-26/h5-8,13-14H,3-4,9-12,15-17H2,1-2H3,(H,25,28). The third-order valence-electron chi connectivity index (χ3n) is 6.08. The average molecular weight is 410 g/mol. The molecule has 2 aliphatic heterocycles. The molecule has 0 unspecified atom stereocenters. The molecular weight excluding hydrogens is 378 g/mol. The highest BCUT2D eigenvalue weighted by atomic mass is 16.5.